The van der Waals surface area contributed by atoms with Crippen LogP contribution in [0.25, 0.3) is 5.76 Å². The molecule has 1 amide bonds. The largest absolute Gasteiger partial charge is 0.507 e. The molecule has 3 aromatic carbocycles. The van der Waals surface area contributed by atoms with Crippen LogP contribution in [0.4, 0.5) is 15.8 Å². The first-order chi connectivity index (χ1) is 15.3. The van der Waals surface area contributed by atoms with E-state index in [9.17, 15) is 19.1 Å². The van der Waals surface area contributed by atoms with Crippen molar-refractivity contribution in [2.45, 2.75) is 13.0 Å². The maximum atomic E-state index is 13.4. The fourth-order valence-corrected chi connectivity index (χ4v) is 3.84. The van der Waals surface area contributed by atoms with Crippen LogP contribution in [0, 0.1) is 12.7 Å². The number of carbonyl (C=O) groups is 2. The molecule has 0 radical (unpaired) electrons. The third kappa shape index (κ3) is 3.75. The summed E-state index contributed by atoms with van der Waals surface area (Å²) in [5.74, 6) is -2.30. The highest BCUT2D eigenvalue weighted by Crippen LogP contribution is 2.42. The van der Waals surface area contributed by atoms with Crippen molar-refractivity contribution in [3.63, 3.8) is 0 Å². The summed E-state index contributed by atoms with van der Waals surface area (Å²) in [4.78, 5) is 29.6. The van der Waals surface area contributed by atoms with Gasteiger partial charge in [-0.25, -0.2) is 4.39 Å². The highest BCUT2D eigenvalue weighted by Gasteiger charge is 2.46. The summed E-state index contributed by atoms with van der Waals surface area (Å²) in [5.41, 5.74) is 3.45. The van der Waals surface area contributed by atoms with Crippen LogP contribution in [-0.4, -0.2) is 30.9 Å². The average molecular weight is 430 g/mol. The summed E-state index contributed by atoms with van der Waals surface area (Å²) in [6.07, 6.45) is 0. The predicted octanol–water partition coefficient (Wildman–Crippen LogP) is 4.83. The Kier molecular flexibility index (Phi) is 5.53. The number of amides is 1. The van der Waals surface area contributed by atoms with Crippen molar-refractivity contribution in [3.05, 3.63) is 101 Å². The number of hydrogen-bond acceptors (Lipinski definition) is 4. The highest BCUT2D eigenvalue weighted by molar-refractivity contribution is 6.51. The Labute approximate surface area is 186 Å². The molecule has 1 aliphatic heterocycles. The molecule has 5 nitrogen and oxygen atoms in total. The molecule has 1 aliphatic rings. The van der Waals surface area contributed by atoms with Crippen LogP contribution in [0.2, 0.25) is 0 Å². The van der Waals surface area contributed by atoms with Gasteiger partial charge in [0.25, 0.3) is 11.7 Å². The van der Waals surface area contributed by atoms with Gasteiger partial charge in [0, 0.05) is 31.0 Å². The van der Waals surface area contributed by atoms with Crippen molar-refractivity contribution in [2.75, 3.05) is 23.9 Å². The first-order valence-corrected chi connectivity index (χ1v) is 10.2. The number of carbonyl (C=O) groups excluding carboxylic acids is 2. The Morgan fingerprint density at radius 1 is 0.906 bits per heavy atom. The van der Waals surface area contributed by atoms with Crippen molar-refractivity contribution in [3.8, 4) is 0 Å². The summed E-state index contributed by atoms with van der Waals surface area (Å²) >= 11 is 0. The lowest BCUT2D eigenvalue weighted by Gasteiger charge is -2.26. The van der Waals surface area contributed by atoms with Gasteiger partial charge in [0.15, 0.2) is 0 Å². The second-order valence-electron chi connectivity index (χ2n) is 8.00. The van der Waals surface area contributed by atoms with Crippen molar-refractivity contribution < 1.29 is 19.1 Å². The molecule has 0 aromatic heterocycles. The topological polar surface area (TPSA) is 60.9 Å². The number of nitrogens with zero attached hydrogens (tertiary/aromatic N) is 2. The summed E-state index contributed by atoms with van der Waals surface area (Å²) in [6, 6.07) is 19.1. The fraction of sp³-hybridized carbons (Fsp3) is 0.154. The molecule has 162 valence electrons. The maximum absolute atomic E-state index is 13.4. The minimum absolute atomic E-state index is 0.0280. The SMILES string of the molecule is Cc1ccc(N2C(=O)C(=O)/C(=C(\O)c3ccc(F)cc3)C2c2ccc(N(C)C)cc2)cc1. The van der Waals surface area contributed by atoms with Crippen molar-refractivity contribution in [2.24, 2.45) is 0 Å². The van der Waals surface area contributed by atoms with Gasteiger partial charge in [0.1, 0.15) is 11.6 Å². The summed E-state index contributed by atoms with van der Waals surface area (Å²) in [5, 5.41) is 11.0. The molecule has 6 heteroatoms. The van der Waals surface area contributed by atoms with Gasteiger partial charge in [-0.2, -0.15) is 0 Å². The standard InChI is InChI=1S/C26H23FN2O3/c1-16-4-12-21(13-5-16)29-23(17-8-14-20(15-9-17)28(2)3)22(25(31)26(29)32)24(30)18-6-10-19(27)11-7-18/h4-15,23,30H,1-3H3/b24-22-. The quantitative estimate of drug-likeness (QED) is 0.366. The van der Waals surface area contributed by atoms with Gasteiger partial charge in [0.05, 0.1) is 11.6 Å². The molecule has 1 heterocycles. The monoisotopic (exact) mass is 430 g/mol. The molecule has 3 aromatic rings. The molecule has 4 rings (SSSR count). The highest BCUT2D eigenvalue weighted by atomic mass is 19.1. The Morgan fingerprint density at radius 2 is 1.50 bits per heavy atom. The van der Waals surface area contributed by atoms with Crippen molar-refractivity contribution in [1.82, 2.24) is 0 Å². The number of aryl methyl sites for hydroxylation is 1. The molecule has 0 aliphatic carbocycles. The summed E-state index contributed by atoms with van der Waals surface area (Å²) in [7, 11) is 3.84. The molecule has 0 bridgehead atoms. The number of hydrogen-bond donors (Lipinski definition) is 1. The first-order valence-electron chi connectivity index (χ1n) is 10.2. The molecular weight excluding hydrogens is 407 g/mol. The summed E-state index contributed by atoms with van der Waals surface area (Å²) < 4.78 is 13.4. The Morgan fingerprint density at radius 3 is 2.06 bits per heavy atom. The van der Waals surface area contributed by atoms with Gasteiger partial charge >= 0.3 is 0 Å². The van der Waals surface area contributed by atoms with Gasteiger partial charge < -0.3 is 10.0 Å². The smallest absolute Gasteiger partial charge is 0.300 e. The third-order valence-electron chi connectivity index (χ3n) is 5.60. The minimum Gasteiger partial charge on any atom is -0.507 e. The Balaban J connectivity index is 1.91. The van der Waals surface area contributed by atoms with E-state index in [-0.39, 0.29) is 16.9 Å². The number of aliphatic hydroxyl groups is 1. The molecule has 0 spiro atoms. The second-order valence-corrected chi connectivity index (χ2v) is 8.00. The number of benzene rings is 3. The molecule has 1 fully saturated rings. The van der Waals surface area contributed by atoms with E-state index in [2.05, 4.69) is 0 Å². The van der Waals surface area contributed by atoms with Crippen LogP contribution in [0.3, 0.4) is 0 Å². The molecular formula is C26H23FN2O3. The zero-order valence-electron chi connectivity index (χ0n) is 18.0. The van der Waals surface area contributed by atoms with Crippen LogP contribution < -0.4 is 9.80 Å². The van der Waals surface area contributed by atoms with Gasteiger partial charge in [-0.05, 0) is 61.0 Å². The second kappa shape index (κ2) is 8.30. The number of Topliss-reactive ketones (excluding diaryl/α,β-unsaturated/α-hetero) is 1. The van der Waals surface area contributed by atoms with Crippen molar-refractivity contribution in [1.29, 1.82) is 0 Å². The van der Waals surface area contributed by atoms with Crippen LogP contribution >= 0.6 is 0 Å². The van der Waals surface area contributed by atoms with E-state index in [4.69, 9.17) is 0 Å². The van der Waals surface area contributed by atoms with E-state index >= 15 is 0 Å². The predicted molar refractivity (Wildman–Crippen MR) is 123 cm³/mol. The third-order valence-corrected chi connectivity index (χ3v) is 5.60. The zero-order chi connectivity index (χ0) is 23.0. The van der Waals surface area contributed by atoms with E-state index in [1.807, 2.05) is 62.3 Å². The lowest BCUT2D eigenvalue weighted by molar-refractivity contribution is -0.132. The Bertz CT molecular complexity index is 1200. The minimum atomic E-state index is -0.820. The van der Waals surface area contributed by atoms with Crippen LogP contribution in [0.1, 0.15) is 22.7 Å². The van der Waals surface area contributed by atoms with Crippen molar-refractivity contribution >= 4 is 28.8 Å². The summed E-state index contributed by atoms with van der Waals surface area (Å²) in [6.45, 7) is 1.93. The van der Waals surface area contributed by atoms with Gasteiger partial charge in [-0.3, -0.25) is 14.5 Å². The number of ketones is 1. The number of rotatable bonds is 4. The number of aliphatic hydroxyl groups excluding tert-OH is 1. The molecule has 1 unspecified atom stereocenters. The van der Waals surface area contributed by atoms with Crippen LogP contribution in [0.15, 0.2) is 78.4 Å². The van der Waals surface area contributed by atoms with Crippen LogP contribution in [0.5, 0.6) is 0 Å². The fourth-order valence-electron chi connectivity index (χ4n) is 3.84. The molecule has 1 N–H and O–H groups in total. The van der Waals surface area contributed by atoms with E-state index in [0.717, 1.165) is 11.3 Å². The normalized spacial score (nSPS) is 17.6. The maximum Gasteiger partial charge on any atom is 0.300 e. The van der Waals surface area contributed by atoms with E-state index in [1.165, 1.54) is 29.2 Å². The molecule has 0 saturated carbocycles. The first kappa shape index (κ1) is 21.3. The van der Waals surface area contributed by atoms with E-state index in [0.29, 0.717) is 11.3 Å². The van der Waals surface area contributed by atoms with E-state index in [1.54, 1.807) is 12.1 Å². The lowest BCUT2D eigenvalue weighted by atomic mass is 9.95. The molecule has 32 heavy (non-hydrogen) atoms. The van der Waals surface area contributed by atoms with E-state index < -0.39 is 23.5 Å². The van der Waals surface area contributed by atoms with Crippen LogP contribution in [-0.2, 0) is 9.59 Å². The molecule has 1 saturated heterocycles. The molecule has 1 atom stereocenters. The average Bonchev–Trinajstić information content (AvgIpc) is 3.05. The van der Waals surface area contributed by atoms with Gasteiger partial charge in [0.2, 0.25) is 0 Å². The van der Waals surface area contributed by atoms with Gasteiger partial charge in [-0.15, -0.1) is 0 Å². The Hall–Kier alpha value is -3.93. The number of halogens is 1. The zero-order valence-corrected chi connectivity index (χ0v) is 18.0. The number of anilines is 2. The lowest BCUT2D eigenvalue weighted by Crippen LogP contribution is -2.29. The van der Waals surface area contributed by atoms with Gasteiger partial charge in [-0.1, -0.05) is 29.8 Å².